The number of hydrogen-bond acceptors (Lipinski definition) is 4. The van der Waals surface area contributed by atoms with Crippen LogP contribution in [0.1, 0.15) is 10.4 Å². The fraction of sp³-hybridized carbons (Fsp3) is 0.167. The predicted molar refractivity (Wildman–Crippen MR) is 79.4 cm³/mol. The molecule has 2 heterocycles. The largest absolute Gasteiger partial charge is 0.384 e. The topological polar surface area (TPSA) is 66.0 Å². The normalized spacial score (nSPS) is 10.3. The number of pyridine rings is 1. The molecule has 0 aliphatic carbocycles. The van der Waals surface area contributed by atoms with E-state index in [-0.39, 0.29) is 5.84 Å². The average molecular weight is 325 g/mol. The van der Waals surface area contributed by atoms with Crippen LogP contribution < -0.4 is 10.6 Å². The summed E-state index contributed by atoms with van der Waals surface area (Å²) in [5.74, 6) is 0.873. The SMILES string of the molecule is CN(Cc1cc(Br)cs1)c1cc(C(=N)N)ccn1. The highest BCUT2D eigenvalue weighted by atomic mass is 79.9. The molecule has 0 amide bonds. The summed E-state index contributed by atoms with van der Waals surface area (Å²) in [4.78, 5) is 7.57. The van der Waals surface area contributed by atoms with Crippen LogP contribution in [0.5, 0.6) is 0 Å². The van der Waals surface area contributed by atoms with Crippen LogP contribution in [0.4, 0.5) is 5.82 Å². The third-order valence-electron chi connectivity index (χ3n) is 2.46. The zero-order valence-electron chi connectivity index (χ0n) is 9.85. The number of thiophene rings is 1. The van der Waals surface area contributed by atoms with Crippen LogP contribution in [0.15, 0.2) is 34.2 Å². The summed E-state index contributed by atoms with van der Waals surface area (Å²) < 4.78 is 1.10. The number of nitrogens with one attached hydrogen (secondary N) is 1. The maximum Gasteiger partial charge on any atom is 0.129 e. The quantitative estimate of drug-likeness (QED) is 0.671. The Balaban J connectivity index is 2.15. The van der Waals surface area contributed by atoms with Crippen molar-refractivity contribution < 1.29 is 0 Å². The van der Waals surface area contributed by atoms with E-state index in [1.807, 2.05) is 18.0 Å². The second-order valence-corrected chi connectivity index (χ2v) is 5.82. The van der Waals surface area contributed by atoms with Gasteiger partial charge in [0.15, 0.2) is 0 Å². The highest BCUT2D eigenvalue weighted by molar-refractivity contribution is 9.10. The lowest BCUT2D eigenvalue weighted by Gasteiger charge is -2.17. The number of hydrogen-bond donors (Lipinski definition) is 2. The molecule has 18 heavy (non-hydrogen) atoms. The molecule has 0 saturated carbocycles. The Hall–Kier alpha value is -1.40. The smallest absolute Gasteiger partial charge is 0.129 e. The van der Waals surface area contributed by atoms with Gasteiger partial charge in [-0.2, -0.15) is 0 Å². The Kier molecular flexibility index (Phi) is 3.98. The first-order chi connectivity index (χ1) is 8.56. The van der Waals surface area contributed by atoms with E-state index in [9.17, 15) is 0 Å². The van der Waals surface area contributed by atoms with Gasteiger partial charge in [-0.1, -0.05) is 0 Å². The van der Waals surface area contributed by atoms with Gasteiger partial charge in [-0.15, -0.1) is 11.3 Å². The molecule has 94 valence electrons. The molecule has 0 bridgehead atoms. The number of anilines is 1. The molecule has 2 aromatic heterocycles. The van der Waals surface area contributed by atoms with Gasteiger partial charge in [0.05, 0.1) is 6.54 Å². The molecule has 0 spiro atoms. The van der Waals surface area contributed by atoms with Crippen LogP contribution in [0, 0.1) is 5.41 Å². The fourth-order valence-corrected chi connectivity index (χ4v) is 3.05. The van der Waals surface area contributed by atoms with Gasteiger partial charge < -0.3 is 10.6 Å². The van der Waals surface area contributed by atoms with Crippen molar-refractivity contribution in [2.24, 2.45) is 5.73 Å². The van der Waals surface area contributed by atoms with E-state index in [0.29, 0.717) is 5.56 Å². The van der Waals surface area contributed by atoms with Crippen LogP contribution >= 0.6 is 27.3 Å². The number of nitrogens with zero attached hydrogens (tertiary/aromatic N) is 2. The van der Waals surface area contributed by atoms with E-state index in [2.05, 4.69) is 32.4 Å². The fourth-order valence-electron chi connectivity index (χ4n) is 1.55. The summed E-state index contributed by atoms with van der Waals surface area (Å²) in [6, 6.07) is 5.66. The van der Waals surface area contributed by atoms with Gasteiger partial charge in [-0.25, -0.2) is 4.98 Å². The lowest BCUT2D eigenvalue weighted by Crippen LogP contribution is -2.18. The summed E-state index contributed by atoms with van der Waals surface area (Å²) in [7, 11) is 1.97. The molecule has 2 aromatic rings. The summed E-state index contributed by atoms with van der Waals surface area (Å²) in [5, 5.41) is 9.48. The lowest BCUT2D eigenvalue weighted by molar-refractivity contribution is 0.912. The monoisotopic (exact) mass is 324 g/mol. The molecular formula is C12H13BrN4S. The summed E-state index contributed by atoms with van der Waals surface area (Å²) in [6.07, 6.45) is 1.67. The average Bonchev–Trinajstić information content (AvgIpc) is 2.75. The number of amidine groups is 1. The molecule has 6 heteroatoms. The molecule has 2 rings (SSSR count). The zero-order valence-corrected chi connectivity index (χ0v) is 12.3. The summed E-state index contributed by atoms with van der Waals surface area (Å²) >= 11 is 5.14. The minimum atomic E-state index is 0.0610. The Labute approximate surface area is 118 Å². The van der Waals surface area contributed by atoms with Crippen molar-refractivity contribution in [3.05, 3.63) is 44.7 Å². The molecule has 0 saturated heterocycles. The Morgan fingerprint density at radius 3 is 2.94 bits per heavy atom. The second kappa shape index (κ2) is 5.49. The van der Waals surface area contributed by atoms with Crippen LogP contribution in [0.2, 0.25) is 0 Å². The van der Waals surface area contributed by atoms with E-state index in [1.165, 1.54) is 4.88 Å². The van der Waals surface area contributed by atoms with Gasteiger partial charge in [-0.05, 0) is 34.1 Å². The first-order valence-corrected chi connectivity index (χ1v) is 6.98. The maximum absolute atomic E-state index is 7.42. The molecule has 0 unspecified atom stereocenters. The third-order valence-corrected chi connectivity index (χ3v) is 4.14. The van der Waals surface area contributed by atoms with Crippen molar-refractivity contribution in [3.63, 3.8) is 0 Å². The Morgan fingerprint density at radius 1 is 1.56 bits per heavy atom. The Bertz CT molecular complexity index is 567. The molecule has 0 fully saturated rings. The molecule has 4 nitrogen and oxygen atoms in total. The van der Waals surface area contributed by atoms with Crippen LogP contribution in [0.25, 0.3) is 0 Å². The van der Waals surface area contributed by atoms with Crippen LogP contribution in [-0.2, 0) is 6.54 Å². The molecule has 0 aromatic carbocycles. The lowest BCUT2D eigenvalue weighted by atomic mass is 10.2. The summed E-state index contributed by atoms with van der Waals surface area (Å²) in [6.45, 7) is 0.782. The van der Waals surface area contributed by atoms with Gasteiger partial charge in [0.2, 0.25) is 0 Å². The second-order valence-electron chi connectivity index (χ2n) is 3.90. The molecule has 0 atom stereocenters. The van der Waals surface area contributed by atoms with Crippen molar-refractivity contribution in [2.45, 2.75) is 6.54 Å². The standard InChI is InChI=1S/C12H13BrN4S/c1-17(6-10-5-9(13)7-18-10)11-4-8(12(14)15)2-3-16-11/h2-5,7H,6H2,1H3,(H3,14,15). The molecule has 3 N–H and O–H groups in total. The zero-order chi connectivity index (χ0) is 13.1. The minimum absolute atomic E-state index is 0.0610. The number of nitrogen functional groups attached to an aromatic ring is 1. The maximum atomic E-state index is 7.42. The molecular weight excluding hydrogens is 312 g/mol. The summed E-state index contributed by atoms with van der Waals surface area (Å²) in [5.41, 5.74) is 6.17. The number of rotatable bonds is 4. The molecule has 0 aliphatic rings. The van der Waals surface area contributed by atoms with Gasteiger partial charge in [-0.3, -0.25) is 5.41 Å². The van der Waals surface area contributed by atoms with Crippen LogP contribution in [0.3, 0.4) is 0 Å². The highest BCUT2D eigenvalue weighted by Gasteiger charge is 2.07. The number of nitrogens with two attached hydrogens (primary N) is 1. The van der Waals surface area contributed by atoms with E-state index < -0.39 is 0 Å². The van der Waals surface area contributed by atoms with Gasteiger partial charge in [0.1, 0.15) is 11.7 Å². The van der Waals surface area contributed by atoms with Crippen molar-refractivity contribution in [2.75, 3.05) is 11.9 Å². The van der Waals surface area contributed by atoms with Gasteiger partial charge in [0, 0.05) is 33.5 Å². The third kappa shape index (κ3) is 3.08. The van der Waals surface area contributed by atoms with Gasteiger partial charge >= 0.3 is 0 Å². The highest BCUT2D eigenvalue weighted by Crippen LogP contribution is 2.22. The van der Waals surface area contributed by atoms with Crippen molar-refractivity contribution >= 4 is 38.9 Å². The van der Waals surface area contributed by atoms with E-state index in [4.69, 9.17) is 11.1 Å². The molecule has 0 aliphatic heterocycles. The van der Waals surface area contributed by atoms with Crippen LogP contribution in [-0.4, -0.2) is 17.9 Å². The van der Waals surface area contributed by atoms with Crippen molar-refractivity contribution in [1.82, 2.24) is 4.98 Å². The van der Waals surface area contributed by atoms with Crippen molar-refractivity contribution in [3.8, 4) is 0 Å². The van der Waals surface area contributed by atoms with E-state index in [0.717, 1.165) is 16.8 Å². The predicted octanol–water partition coefficient (Wildman–Crippen LogP) is 2.83. The van der Waals surface area contributed by atoms with Crippen molar-refractivity contribution in [1.29, 1.82) is 5.41 Å². The minimum Gasteiger partial charge on any atom is -0.384 e. The Morgan fingerprint density at radius 2 is 2.33 bits per heavy atom. The van der Waals surface area contributed by atoms with Gasteiger partial charge in [0.25, 0.3) is 0 Å². The first kappa shape index (κ1) is 13.0. The number of halogens is 1. The first-order valence-electron chi connectivity index (χ1n) is 5.31. The molecule has 0 radical (unpaired) electrons. The van der Waals surface area contributed by atoms with E-state index >= 15 is 0 Å². The number of aromatic nitrogens is 1. The van der Waals surface area contributed by atoms with E-state index in [1.54, 1.807) is 23.6 Å².